The van der Waals surface area contributed by atoms with E-state index in [1.807, 2.05) is 0 Å². The average Bonchev–Trinajstić information content (AvgIpc) is 3.03. The third kappa shape index (κ3) is 26.4. The van der Waals surface area contributed by atoms with Gasteiger partial charge in [0.2, 0.25) is 0 Å². The third-order valence-corrected chi connectivity index (χ3v) is 8.91. The number of carbonyl (C=O) groups excluding carboxylic acids is 2. The number of carbonyl (C=O) groups is 2. The minimum absolute atomic E-state index is 0.180. The zero-order valence-electron chi connectivity index (χ0n) is 28.8. The van der Waals surface area contributed by atoms with Crippen LogP contribution in [0.15, 0.2) is 24.3 Å². The first-order valence-electron chi connectivity index (χ1n) is 19.0. The van der Waals surface area contributed by atoms with Crippen LogP contribution in [0.2, 0.25) is 0 Å². The molecule has 0 aliphatic carbocycles. The molecule has 3 N–H and O–H groups in total. The predicted molar refractivity (Wildman–Crippen MR) is 188 cm³/mol. The summed E-state index contributed by atoms with van der Waals surface area (Å²) in [6.45, 7) is 3.11. The number of phenols is 1. The lowest BCUT2D eigenvalue weighted by Crippen LogP contribution is -2.39. The molecule has 2 amide bonds. The van der Waals surface area contributed by atoms with Crippen LogP contribution in [0.1, 0.15) is 192 Å². The molecule has 1 rings (SSSR count). The summed E-state index contributed by atoms with van der Waals surface area (Å²) in [5.41, 5.74) is 0.838. The summed E-state index contributed by atoms with van der Waals surface area (Å²) in [7, 11) is 0. The Hall–Kier alpha value is -2.04. The van der Waals surface area contributed by atoms with Crippen molar-refractivity contribution in [2.45, 2.75) is 193 Å². The van der Waals surface area contributed by atoms with Gasteiger partial charge in [0.25, 0.3) is 0 Å². The summed E-state index contributed by atoms with van der Waals surface area (Å²) < 4.78 is 0. The average molecular weight is 615 g/mol. The summed E-state index contributed by atoms with van der Waals surface area (Å²) in [5.74, 6) is -1.01. The maximum atomic E-state index is 11.9. The molecule has 0 saturated heterocycles. The molecule has 0 radical (unpaired) electrons. The zero-order chi connectivity index (χ0) is 31.8. The molecule has 0 saturated carbocycles. The van der Waals surface area contributed by atoms with Crippen molar-refractivity contribution in [1.82, 2.24) is 10.6 Å². The van der Waals surface area contributed by atoms with Gasteiger partial charge in [0.15, 0.2) is 0 Å². The Morgan fingerprint density at radius 2 is 0.750 bits per heavy atom. The van der Waals surface area contributed by atoms with E-state index in [2.05, 4.69) is 17.6 Å². The van der Waals surface area contributed by atoms with Gasteiger partial charge in [0, 0.05) is 13.1 Å². The molecule has 0 heterocycles. The van der Waals surface area contributed by atoms with Crippen molar-refractivity contribution >= 4 is 11.8 Å². The molecule has 1 aromatic carbocycles. The molecule has 0 aromatic heterocycles. The summed E-state index contributed by atoms with van der Waals surface area (Å²) in [4.78, 5) is 23.8. The van der Waals surface area contributed by atoms with Gasteiger partial charge in [-0.1, -0.05) is 192 Å². The maximum absolute atomic E-state index is 11.9. The number of unbranched alkanes of at least 4 members (excludes halogenated alkanes) is 27. The second kappa shape index (κ2) is 31.0. The lowest BCUT2D eigenvalue weighted by atomic mass is 10.0. The number of hydrogen-bond acceptors (Lipinski definition) is 3. The highest BCUT2D eigenvalue weighted by Crippen LogP contribution is 2.16. The Labute approximate surface area is 272 Å². The van der Waals surface area contributed by atoms with E-state index >= 15 is 0 Å². The summed E-state index contributed by atoms with van der Waals surface area (Å²) >= 11 is 0. The second-order valence-electron chi connectivity index (χ2n) is 13.2. The van der Waals surface area contributed by atoms with Gasteiger partial charge in [-0.05, 0) is 24.1 Å². The fourth-order valence-corrected chi connectivity index (χ4v) is 5.95. The molecule has 5 heteroatoms. The van der Waals surface area contributed by atoms with E-state index in [-0.39, 0.29) is 12.3 Å². The lowest BCUT2D eigenvalue weighted by molar-refractivity contribution is -0.139. The van der Waals surface area contributed by atoms with Gasteiger partial charge in [0.05, 0.1) is 0 Å². The Morgan fingerprint density at radius 3 is 1.09 bits per heavy atom. The van der Waals surface area contributed by atoms with E-state index in [0.29, 0.717) is 6.54 Å². The maximum Gasteiger partial charge on any atom is 0.309 e. The third-order valence-electron chi connectivity index (χ3n) is 8.91. The fourth-order valence-electron chi connectivity index (χ4n) is 5.95. The molecule has 1 aromatic rings. The van der Waals surface area contributed by atoms with E-state index < -0.39 is 11.8 Å². The Morgan fingerprint density at radius 1 is 0.455 bits per heavy atom. The minimum Gasteiger partial charge on any atom is -0.508 e. The highest BCUT2D eigenvalue weighted by molar-refractivity contribution is 6.35. The first-order valence-corrected chi connectivity index (χ1v) is 19.0. The van der Waals surface area contributed by atoms with Crippen molar-refractivity contribution in [3.63, 3.8) is 0 Å². The van der Waals surface area contributed by atoms with Crippen LogP contribution in [0.3, 0.4) is 0 Å². The van der Waals surface area contributed by atoms with Crippen LogP contribution in [0.25, 0.3) is 0 Å². The van der Waals surface area contributed by atoms with Gasteiger partial charge in [-0.15, -0.1) is 0 Å². The zero-order valence-corrected chi connectivity index (χ0v) is 28.8. The number of aromatic hydroxyl groups is 1. The molecule has 0 spiro atoms. The van der Waals surface area contributed by atoms with E-state index in [9.17, 15) is 14.7 Å². The van der Waals surface area contributed by atoms with Crippen LogP contribution < -0.4 is 10.6 Å². The predicted octanol–water partition coefficient (Wildman–Crippen LogP) is 11.1. The highest BCUT2D eigenvalue weighted by Gasteiger charge is 2.12. The first-order chi connectivity index (χ1) is 21.6. The van der Waals surface area contributed by atoms with Crippen LogP contribution in [0.5, 0.6) is 5.75 Å². The molecule has 0 unspecified atom stereocenters. The number of nitrogens with one attached hydrogen (secondary N) is 2. The quantitative estimate of drug-likeness (QED) is 0.0575. The van der Waals surface area contributed by atoms with Gasteiger partial charge >= 0.3 is 11.8 Å². The topological polar surface area (TPSA) is 78.4 Å². The Balaban J connectivity index is 1.71. The number of hydrogen-bond donors (Lipinski definition) is 3. The van der Waals surface area contributed by atoms with E-state index in [1.54, 1.807) is 24.3 Å². The fraction of sp³-hybridized carbons (Fsp3) is 0.795. The van der Waals surface area contributed by atoms with E-state index in [1.165, 1.54) is 167 Å². The van der Waals surface area contributed by atoms with Gasteiger partial charge in [-0.25, -0.2) is 0 Å². The van der Waals surface area contributed by atoms with Gasteiger partial charge in [-0.2, -0.15) is 0 Å². The Bertz CT molecular complexity index is 780. The van der Waals surface area contributed by atoms with Crippen molar-refractivity contribution < 1.29 is 14.7 Å². The molecule has 44 heavy (non-hydrogen) atoms. The molecule has 254 valence electrons. The van der Waals surface area contributed by atoms with E-state index in [4.69, 9.17) is 0 Å². The second-order valence-corrected chi connectivity index (χ2v) is 13.2. The molecule has 5 nitrogen and oxygen atoms in total. The van der Waals surface area contributed by atoms with Gasteiger partial charge in [0.1, 0.15) is 5.75 Å². The number of rotatable bonds is 31. The van der Waals surface area contributed by atoms with Crippen LogP contribution >= 0.6 is 0 Å². The molecule has 0 bridgehead atoms. The standard InChI is InChI=1S/C39H70N2O3/c1-2-3-4-5-6-7-8-9-10-11-12-13-14-15-16-17-18-19-20-21-22-23-24-25-26-27-28-29-34-40-38(43)39(44)41-35-36-30-32-37(42)33-31-36/h30-33,42H,2-29,34-35H2,1H3,(H,40,43)(H,41,44). The summed E-state index contributed by atoms with van der Waals surface area (Å²) in [5, 5.41) is 14.6. The number of benzene rings is 1. The van der Waals surface area contributed by atoms with Crippen molar-refractivity contribution in [1.29, 1.82) is 0 Å². The van der Waals surface area contributed by atoms with Crippen LogP contribution in [0, 0.1) is 0 Å². The summed E-state index contributed by atoms with van der Waals surface area (Å²) in [6, 6.07) is 6.56. The van der Waals surface area contributed by atoms with Crippen LogP contribution in [-0.4, -0.2) is 23.5 Å². The SMILES string of the molecule is CCCCCCCCCCCCCCCCCCCCCCCCCCCCCCNC(=O)C(=O)NCc1ccc(O)cc1. The summed E-state index contributed by atoms with van der Waals surface area (Å²) in [6.07, 6.45) is 38.8. The minimum atomic E-state index is -0.613. The largest absolute Gasteiger partial charge is 0.508 e. The lowest BCUT2D eigenvalue weighted by Gasteiger charge is -2.07. The number of phenolic OH excluding ortho intramolecular Hbond substituents is 1. The molecular weight excluding hydrogens is 544 g/mol. The molecular formula is C39H70N2O3. The van der Waals surface area contributed by atoms with Crippen molar-refractivity contribution in [3.8, 4) is 5.75 Å². The van der Waals surface area contributed by atoms with Crippen molar-refractivity contribution in [2.75, 3.05) is 6.54 Å². The van der Waals surface area contributed by atoms with Crippen molar-refractivity contribution in [3.05, 3.63) is 29.8 Å². The van der Waals surface area contributed by atoms with Gasteiger partial charge in [-0.3, -0.25) is 9.59 Å². The van der Waals surface area contributed by atoms with E-state index in [0.717, 1.165) is 18.4 Å². The molecule has 0 aliphatic rings. The van der Waals surface area contributed by atoms with Crippen molar-refractivity contribution in [2.24, 2.45) is 0 Å². The smallest absolute Gasteiger partial charge is 0.309 e. The van der Waals surface area contributed by atoms with Crippen LogP contribution in [-0.2, 0) is 16.1 Å². The molecule has 0 aliphatic heterocycles. The monoisotopic (exact) mass is 615 g/mol. The highest BCUT2D eigenvalue weighted by atomic mass is 16.3. The van der Waals surface area contributed by atoms with Crippen LogP contribution in [0.4, 0.5) is 0 Å². The molecule has 0 atom stereocenters. The number of amides is 2. The first kappa shape index (κ1) is 40.0. The molecule has 0 fully saturated rings. The van der Waals surface area contributed by atoms with Gasteiger partial charge < -0.3 is 15.7 Å². The normalized spacial score (nSPS) is 11.1. The Kier molecular flexibility index (Phi) is 28.1.